The van der Waals surface area contributed by atoms with Crippen LogP contribution < -0.4 is 20.6 Å². The van der Waals surface area contributed by atoms with Crippen LogP contribution >= 0.6 is 12.2 Å². The number of hydrogen-bond acceptors (Lipinski definition) is 4. The van der Waals surface area contributed by atoms with Gasteiger partial charge in [0.2, 0.25) is 0 Å². The highest BCUT2D eigenvalue weighted by Gasteiger charge is 2.06. The quantitative estimate of drug-likeness (QED) is 0.484. The maximum absolute atomic E-state index is 5.87. The van der Waals surface area contributed by atoms with E-state index in [4.69, 9.17) is 15.2 Å². The van der Waals surface area contributed by atoms with Gasteiger partial charge in [0.1, 0.15) is 6.61 Å². The second-order valence-electron chi connectivity index (χ2n) is 4.86. The summed E-state index contributed by atoms with van der Waals surface area (Å²) in [5, 5.41) is 4.03. The molecule has 120 valence electrons. The van der Waals surface area contributed by atoms with Crippen molar-refractivity contribution in [2.24, 2.45) is 10.8 Å². The second kappa shape index (κ2) is 8.14. The predicted octanol–water partition coefficient (Wildman–Crippen LogP) is 2.75. The van der Waals surface area contributed by atoms with Gasteiger partial charge in [-0.3, -0.25) is 5.43 Å². The van der Waals surface area contributed by atoms with Crippen molar-refractivity contribution >= 4 is 23.5 Å². The van der Waals surface area contributed by atoms with Crippen molar-refractivity contribution in [3.63, 3.8) is 0 Å². The van der Waals surface area contributed by atoms with Crippen LogP contribution in [-0.2, 0) is 6.61 Å². The molecule has 23 heavy (non-hydrogen) atoms. The zero-order valence-corrected chi connectivity index (χ0v) is 13.9. The van der Waals surface area contributed by atoms with Crippen molar-refractivity contribution in [1.29, 1.82) is 0 Å². The summed E-state index contributed by atoms with van der Waals surface area (Å²) in [5.41, 5.74) is 11.0. The van der Waals surface area contributed by atoms with Crippen molar-refractivity contribution in [2.75, 3.05) is 7.11 Å². The summed E-state index contributed by atoms with van der Waals surface area (Å²) in [6.45, 7) is 2.55. The molecule has 0 aliphatic heterocycles. The van der Waals surface area contributed by atoms with E-state index < -0.39 is 0 Å². The van der Waals surface area contributed by atoms with Gasteiger partial charge in [-0.1, -0.05) is 24.3 Å². The van der Waals surface area contributed by atoms with Crippen LogP contribution in [0.5, 0.6) is 11.5 Å². The number of hydrogen-bond donors (Lipinski definition) is 2. The molecule has 0 atom stereocenters. The molecule has 2 aromatic carbocycles. The summed E-state index contributed by atoms with van der Waals surface area (Å²) in [7, 11) is 1.60. The van der Waals surface area contributed by atoms with Crippen molar-refractivity contribution in [2.45, 2.75) is 13.5 Å². The number of nitrogens with two attached hydrogens (primary N) is 1. The average molecular weight is 329 g/mol. The average Bonchev–Trinajstić information content (AvgIpc) is 2.54. The third-order valence-electron chi connectivity index (χ3n) is 3.22. The van der Waals surface area contributed by atoms with Gasteiger partial charge in [-0.25, -0.2) is 0 Å². The highest BCUT2D eigenvalue weighted by Crippen LogP contribution is 2.28. The Bertz CT molecular complexity index is 717. The third kappa shape index (κ3) is 4.96. The Morgan fingerprint density at radius 2 is 2.04 bits per heavy atom. The molecule has 0 saturated heterocycles. The normalized spacial score (nSPS) is 10.5. The lowest BCUT2D eigenvalue weighted by molar-refractivity contribution is 0.284. The first-order valence-corrected chi connectivity index (χ1v) is 7.45. The minimum absolute atomic E-state index is 0.117. The molecule has 0 aliphatic carbocycles. The van der Waals surface area contributed by atoms with Gasteiger partial charge >= 0.3 is 0 Å². The summed E-state index contributed by atoms with van der Waals surface area (Å²) >= 11 is 4.68. The van der Waals surface area contributed by atoms with E-state index in [0.29, 0.717) is 18.1 Å². The van der Waals surface area contributed by atoms with Crippen molar-refractivity contribution in [3.8, 4) is 11.5 Å². The molecule has 0 aromatic heterocycles. The Hall–Kier alpha value is -2.60. The van der Waals surface area contributed by atoms with Gasteiger partial charge in [-0.2, -0.15) is 5.10 Å². The Kier molecular flexibility index (Phi) is 5.94. The number of nitrogens with zero attached hydrogens (tertiary/aromatic N) is 1. The van der Waals surface area contributed by atoms with E-state index in [1.165, 1.54) is 5.56 Å². The van der Waals surface area contributed by atoms with Gasteiger partial charge in [0, 0.05) is 0 Å². The first-order chi connectivity index (χ1) is 11.1. The van der Waals surface area contributed by atoms with E-state index in [-0.39, 0.29) is 5.11 Å². The minimum atomic E-state index is 0.117. The van der Waals surface area contributed by atoms with Gasteiger partial charge in [-0.05, 0) is 54.0 Å². The second-order valence-corrected chi connectivity index (χ2v) is 5.30. The number of hydrazone groups is 1. The number of thiocarbonyl (C=S) groups is 1. The van der Waals surface area contributed by atoms with E-state index in [2.05, 4.69) is 35.7 Å². The Labute approximate surface area is 141 Å². The maximum Gasteiger partial charge on any atom is 0.184 e. The topological polar surface area (TPSA) is 68.9 Å². The molecule has 5 nitrogen and oxygen atoms in total. The molecule has 0 heterocycles. The first-order valence-electron chi connectivity index (χ1n) is 7.04. The molecule has 3 N–H and O–H groups in total. The largest absolute Gasteiger partial charge is 0.493 e. The maximum atomic E-state index is 5.87. The van der Waals surface area contributed by atoms with Crippen molar-refractivity contribution in [3.05, 3.63) is 59.2 Å². The van der Waals surface area contributed by atoms with Gasteiger partial charge in [0.15, 0.2) is 16.6 Å². The number of nitrogens with one attached hydrogen (secondary N) is 1. The fraction of sp³-hybridized carbons (Fsp3) is 0.176. The van der Waals surface area contributed by atoms with Crippen LogP contribution in [0.25, 0.3) is 0 Å². The van der Waals surface area contributed by atoms with E-state index in [1.54, 1.807) is 13.3 Å². The van der Waals surface area contributed by atoms with Crippen molar-refractivity contribution < 1.29 is 9.47 Å². The summed E-state index contributed by atoms with van der Waals surface area (Å²) < 4.78 is 11.2. The highest BCUT2D eigenvalue weighted by atomic mass is 32.1. The standard InChI is InChI=1S/C17H19N3O2S/c1-12-5-3-4-6-14(12)11-22-15-8-7-13(9-16(15)21-2)10-19-20-17(18)23/h3-10H,11H2,1-2H3,(H3,18,20,23). The van der Waals surface area contributed by atoms with Crippen LogP contribution in [0.3, 0.4) is 0 Å². The Balaban J connectivity index is 2.09. The van der Waals surface area contributed by atoms with Crippen LogP contribution in [0.2, 0.25) is 0 Å². The monoisotopic (exact) mass is 329 g/mol. The molecule has 0 spiro atoms. The van der Waals surface area contributed by atoms with Crippen LogP contribution in [0.15, 0.2) is 47.6 Å². The SMILES string of the molecule is COc1cc(C=NNC(N)=S)ccc1OCc1ccccc1C. The Morgan fingerprint density at radius 1 is 1.26 bits per heavy atom. The molecule has 0 aliphatic rings. The number of ether oxygens (including phenoxy) is 2. The summed E-state index contributed by atoms with van der Waals surface area (Å²) in [6, 6.07) is 13.7. The summed E-state index contributed by atoms with van der Waals surface area (Å²) in [4.78, 5) is 0. The van der Waals surface area contributed by atoms with Gasteiger partial charge < -0.3 is 15.2 Å². The summed E-state index contributed by atoms with van der Waals surface area (Å²) in [5.74, 6) is 1.31. The summed E-state index contributed by atoms with van der Waals surface area (Å²) in [6.07, 6.45) is 1.60. The van der Waals surface area contributed by atoms with Crippen LogP contribution in [0.4, 0.5) is 0 Å². The predicted molar refractivity (Wildman–Crippen MR) is 96.0 cm³/mol. The molecule has 2 aromatic rings. The molecular weight excluding hydrogens is 310 g/mol. The molecule has 0 saturated carbocycles. The van der Waals surface area contributed by atoms with Crippen LogP contribution in [0, 0.1) is 6.92 Å². The first kappa shape index (κ1) is 16.8. The van der Waals surface area contributed by atoms with E-state index in [0.717, 1.165) is 11.1 Å². The zero-order valence-electron chi connectivity index (χ0n) is 13.1. The molecule has 6 heteroatoms. The number of aryl methyl sites for hydroxylation is 1. The van der Waals surface area contributed by atoms with Gasteiger partial charge in [0.05, 0.1) is 13.3 Å². The minimum Gasteiger partial charge on any atom is -0.493 e. The number of methoxy groups -OCH3 is 1. The molecule has 0 bridgehead atoms. The molecule has 0 fully saturated rings. The van der Waals surface area contributed by atoms with Gasteiger partial charge in [-0.15, -0.1) is 0 Å². The number of rotatable bonds is 6. The van der Waals surface area contributed by atoms with Crippen LogP contribution in [-0.4, -0.2) is 18.4 Å². The number of benzene rings is 2. The molecule has 0 amide bonds. The molecule has 0 unspecified atom stereocenters. The van der Waals surface area contributed by atoms with Crippen LogP contribution in [0.1, 0.15) is 16.7 Å². The van der Waals surface area contributed by atoms with E-state index in [9.17, 15) is 0 Å². The van der Waals surface area contributed by atoms with Crippen molar-refractivity contribution in [1.82, 2.24) is 5.43 Å². The van der Waals surface area contributed by atoms with E-state index in [1.807, 2.05) is 36.4 Å². The fourth-order valence-electron chi connectivity index (χ4n) is 1.98. The fourth-order valence-corrected chi connectivity index (χ4v) is 2.03. The molecule has 2 rings (SSSR count). The third-order valence-corrected chi connectivity index (χ3v) is 3.31. The molecular formula is C17H19N3O2S. The zero-order chi connectivity index (χ0) is 16.7. The lowest BCUT2D eigenvalue weighted by atomic mass is 10.1. The Morgan fingerprint density at radius 3 is 2.74 bits per heavy atom. The lowest BCUT2D eigenvalue weighted by Crippen LogP contribution is -2.23. The van der Waals surface area contributed by atoms with Gasteiger partial charge in [0.25, 0.3) is 0 Å². The lowest BCUT2D eigenvalue weighted by Gasteiger charge is -2.12. The highest BCUT2D eigenvalue weighted by molar-refractivity contribution is 7.80. The van der Waals surface area contributed by atoms with E-state index >= 15 is 0 Å². The smallest absolute Gasteiger partial charge is 0.184 e. The molecule has 0 radical (unpaired) electrons.